The van der Waals surface area contributed by atoms with Gasteiger partial charge in [-0.15, -0.1) is 0 Å². The summed E-state index contributed by atoms with van der Waals surface area (Å²) in [5.41, 5.74) is 7.79. The third-order valence-electron chi connectivity index (χ3n) is 3.61. The summed E-state index contributed by atoms with van der Waals surface area (Å²) in [6.45, 7) is 2.01. The molecule has 0 aliphatic heterocycles. The van der Waals surface area contributed by atoms with Gasteiger partial charge in [0, 0.05) is 23.4 Å². The summed E-state index contributed by atoms with van der Waals surface area (Å²) >= 11 is 6.22. The van der Waals surface area contributed by atoms with Crippen LogP contribution in [0.1, 0.15) is 28.9 Å². The fourth-order valence-corrected chi connectivity index (χ4v) is 2.49. The van der Waals surface area contributed by atoms with Gasteiger partial charge >= 0.3 is 5.97 Å². The second kappa shape index (κ2) is 6.06. The Labute approximate surface area is 128 Å². The van der Waals surface area contributed by atoms with Gasteiger partial charge in [-0.05, 0) is 36.8 Å². The molecule has 2 aromatic rings. The minimum absolute atomic E-state index is 0.00368. The lowest BCUT2D eigenvalue weighted by molar-refractivity contribution is 0.0698. The molecule has 4 nitrogen and oxygen atoms in total. The van der Waals surface area contributed by atoms with Crippen LogP contribution in [0, 0.1) is 0 Å². The van der Waals surface area contributed by atoms with Crippen LogP contribution in [0.3, 0.4) is 0 Å². The molecular weight excluding hydrogens is 288 g/mol. The predicted octanol–water partition coefficient (Wildman–Crippen LogP) is 3.82. The Morgan fingerprint density at radius 3 is 2.57 bits per heavy atom. The standard InChI is InChI=1S/C16H17ClN2O2/c1-10(12-5-3-4-6-14(12)17)19(2)11-7-8-15(18)13(9-11)16(20)21/h3-10H,18H2,1-2H3,(H,20,21). The van der Waals surface area contributed by atoms with E-state index in [4.69, 9.17) is 22.4 Å². The zero-order valence-corrected chi connectivity index (χ0v) is 12.6. The van der Waals surface area contributed by atoms with Crippen molar-refractivity contribution in [1.82, 2.24) is 0 Å². The number of nitrogens with two attached hydrogens (primary N) is 1. The second-order valence-corrected chi connectivity index (χ2v) is 5.29. The average molecular weight is 305 g/mol. The maximum absolute atomic E-state index is 11.2. The molecule has 110 valence electrons. The molecule has 3 N–H and O–H groups in total. The number of hydrogen-bond donors (Lipinski definition) is 2. The van der Waals surface area contributed by atoms with E-state index in [0.29, 0.717) is 5.02 Å². The fourth-order valence-electron chi connectivity index (χ4n) is 2.20. The van der Waals surface area contributed by atoms with E-state index in [0.717, 1.165) is 11.3 Å². The summed E-state index contributed by atoms with van der Waals surface area (Å²) in [7, 11) is 1.89. The minimum Gasteiger partial charge on any atom is -0.478 e. The highest BCUT2D eigenvalue weighted by Crippen LogP contribution is 2.31. The summed E-state index contributed by atoms with van der Waals surface area (Å²) in [5.74, 6) is -1.03. The van der Waals surface area contributed by atoms with Gasteiger partial charge in [0.25, 0.3) is 0 Å². The van der Waals surface area contributed by atoms with Crippen LogP contribution in [-0.4, -0.2) is 18.1 Å². The van der Waals surface area contributed by atoms with Crippen LogP contribution in [0.4, 0.5) is 11.4 Å². The van der Waals surface area contributed by atoms with Crippen LogP contribution in [0.25, 0.3) is 0 Å². The van der Waals surface area contributed by atoms with Gasteiger partial charge in [0.1, 0.15) is 0 Å². The van der Waals surface area contributed by atoms with Crippen molar-refractivity contribution in [3.8, 4) is 0 Å². The van der Waals surface area contributed by atoms with Crippen molar-refractivity contribution >= 4 is 28.9 Å². The highest BCUT2D eigenvalue weighted by molar-refractivity contribution is 6.31. The van der Waals surface area contributed by atoms with Gasteiger partial charge in [0.05, 0.1) is 11.6 Å². The van der Waals surface area contributed by atoms with Crippen molar-refractivity contribution in [1.29, 1.82) is 0 Å². The van der Waals surface area contributed by atoms with Crippen LogP contribution < -0.4 is 10.6 Å². The number of halogens is 1. The third kappa shape index (κ3) is 3.11. The first-order chi connectivity index (χ1) is 9.91. The number of benzene rings is 2. The van der Waals surface area contributed by atoms with E-state index in [2.05, 4.69) is 0 Å². The van der Waals surface area contributed by atoms with Crippen molar-refractivity contribution in [2.75, 3.05) is 17.7 Å². The lowest BCUT2D eigenvalue weighted by Gasteiger charge is -2.28. The Morgan fingerprint density at radius 2 is 1.95 bits per heavy atom. The van der Waals surface area contributed by atoms with Gasteiger partial charge in [0.2, 0.25) is 0 Å². The summed E-state index contributed by atoms with van der Waals surface area (Å²) in [6.07, 6.45) is 0. The van der Waals surface area contributed by atoms with Gasteiger partial charge in [-0.2, -0.15) is 0 Å². The summed E-state index contributed by atoms with van der Waals surface area (Å²) in [6, 6.07) is 12.6. The molecule has 0 saturated heterocycles. The van der Waals surface area contributed by atoms with E-state index in [1.54, 1.807) is 18.2 Å². The molecule has 1 atom stereocenters. The molecule has 0 fully saturated rings. The van der Waals surface area contributed by atoms with E-state index in [9.17, 15) is 4.79 Å². The van der Waals surface area contributed by atoms with Gasteiger partial charge in [0.15, 0.2) is 0 Å². The zero-order valence-electron chi connectivity index (χ0n) is 11.9. The van der Waals surface area contributed by atoms with Crippen LogP contribution in [0.5, 0.6) is 0 Å². The molecule has 0 aliphatic rings. The van der Waals surface area contributed by atoms with Crippen LogP contribution in [0.2, 0.25) is 5.02 Å². The number of hydrogen-bond acceptors (Lipinski definition) is 3. The number of anilines is 2. The van der Waals surface area contributed by atoms with Gasteiger partial charge in [-0.3, -0.25) is 0 Å². The number of nitrogen functional groups attached to an aromatic ring is 1. The normalized spacial score (nSPS) is 12.0. The molecule has 0 aromatic heterocycles. The van der Waals surface area contributed by atoms with Gasteiger partial charge < -0.3 is 15.7 Å². The molecule has 2 aromatic carbocycles. The van der Waals surface area contributed by atoms with Crippen LogP contribution in [-0.2, 0) is 0 Å². The van der Waals surface area contributed by atoms with Crippen molar-refractivity contribution in [2.45, 2.75) is 13.0 Å². The predicted molar refractivity (Wildman–Crippen MR) is 86.1 cm³/mol. The molecule has 0 bridgehead atoms. The lowest BCUT2D eigenvalue weighted by atomic mass is 10.1. The highest BCUT2D eigenvalue weighted by Gasteiger charge is 2.17. The molecule has 0 amide bonds. The van der Waals surface area contributed by atoms with E-state index in [1.165, 1.54) is 0 Å². The smallest absolute Gasteiger partial charge is 0.337 e. The molecule has 0 saturated carbocycles. The molecule has 0 heterocycles. The molecule has 0 radical (unpaired) electrons. The third-order valence-corrected chi connectivity index (χ3v) is 3.96. The van der Waals surface area contributed by atoms with Crippen molar-refractivity contribution in [2.24, 2.45) is 0 Å². The number of rotatable bonds is 4. The summed E-state index contributed by atoms with van der Waals surface area (Å²) < 4.78 is 0. The first-order valence-electron chi connectivity index (χ1n) is 6.52. The van der Waals surface area contributed by atoms with Crippen LogP contribution in [0.15, 0.2) is 42.5 Å². The number of carboxylic acids is 1. The first kappa shape index (κ1) is 15.2. The second-order valence-electron chi connectivity index (χ2n) is 4.89. The first-order valence-corrected chi connectivity index (χ1v) is 6.89. The molecule has 21 heavy (non-hydrogen) atoms. The van der Waals surface area contributed by atoms with E-state index >= 15 is 0 Å². The van der Waals surface area contributed by atoms with E-state index in [1.807, 2.05) is 43.1 Å². The SMILES string of the molecule is CC(c1ccccc1Cl)N(C)c1ccc(N)c(C(=O)O)c1. The Bertz CT molecular complexity index is 673. The van der Waals surface area contributed by atoms with E-state index in [-0.39, 0.29) is 17.3 Å². The molecule has 1 unspecified atom stereocenters. The Morgan fingerprint density at radius 1 is 1.29 bits per heavy atom. The quantitative estimate of drug-likeness (QED) is 0.843. The van der Waals surface area contributed by atoms with Crippen molar-refractivity contribution < 1.29 is 9.90 Å². The Hall–Kier alpha value is -2.20. The monoisotopic (exact) mass is 304 g/mol. The topological polar surface area (TPSA) is 66.6 Å². The molecule has 0 aliphatic carbocycles. The van der Waals surface area contributed by atoms with Crippen LogP contribution >= 0.6 is 11.6 Å². The number of nitrogens with zero attached hydrogens (tertiary/aromatic N) is 1. The number of aromatic carboxylic acids is 1. The maximum atomic E-state index is 11.2. The maximum Gasteiger partial charge on any atom is 0.337 e. The van der Waals surface area contributed by atoms with Gasteiger partial charge in [-0.1, -0.05) is 29.8 Å². The summed E-state index contributed by atoms with van der Waals surface area (Å²) in [5, 5.41) is 9.84. The largest absolute Gasteiger partial charge is 0.478 e. The summed E-state index contributed by atoms with van der Waals surface area (Å²) in [4.78, 5) is 13.1. The van der Waals surface area contributed by atoms with E-state index < -0.39 is 5.97 Å². The minimum atomic E-state index is -1.03. The number of carbonyl (C=O) groups is 1. The Balaban J connectivity index is 2.36. The van der Waals surface area contributed by atoms with Crippen molar-refractivity contribution in [3.63, 3.8) is 0 Å². The molecular formula is C16H17ClN2O2. The average Bonchev–Trinajstić information content (AvgIpc) is 2.46. The molecule has 5 heteroatoms. The fraction of sp³-hybridized carbons (Fsp3) is 0.188. The highest BCUT2D eigenvalue weighted by atomic mass is 35.5. The van der Waals surface area contributed by atoms with Gasteiger partial charge in [-0.25, -0.2) is 4.79 Å². The van der Waals surface area contributed by atoms with Crippen molar-refractivity contribution in [3.05, 3.63) is 58.6 Å². The zero-order chi connectivity index (χ0) is 15.6. The molecule has 0 spiro atoms. The number of carboxylic acid groups (broad SMARTS) is 1. The molecule has 2 rings (SSSR count). The lowest BCUT2D eigenvalue weighted by Crippen LogP contribution is -2.22. The Kier molecular flexibility index (Phi) is 4.38.